The van der Waals surface area contributed by atoms with E-state index in [1.54, 1.807) is 12.1 Å². The van der Waals surface area contributed by atoms with Crippen molar-refractivity contribution in [3.63, 3.8) is 0 Å². The molecule has 0 radical (unpaired) electrons. The van der Waals surface area contributed by atoms with Crippen LogP contribution in [0.3, 0.4) is 0 Å². The summed E-state index contributed by atoms with van der Waals surface area (Å²) in [6.45, 7) is 0.851. The van der Waals surface area contributed by atoms with Gasteiger partial charge in [-0.25, -0.2) is 4.39 Å². The Morgan fingerprint density at radius 3 is 2.81 bits per heavy atom. The molecule has 1 saturated carbocycles. The van der Waals surface area contributed by atoms with E-state index < -0.39 is 0 Å². The summed E-state index contributed by atoms with van der Waals surface area (Å²) in [6, 6.07) is 9.84. The number of nitrogens with one attached hydrogen (secondary N) is 1. The molecule has 1 unspecified atom stereocenters. The summed E-state index contributed by atoms with van der Waals surface area (Å²) >= 11 is 0. The second-order valence-electron chi connectivity index (χ2n) is 5.89. The van der Waals surface area contributed by atoms with Gasteiger partial charge in [0.1, 0.15) is 5.82 Å². The van der Waals surface area contributed by atoms with Gasteiger partial charge < -0.3 is 5.32 Å². The maximum Gasteiger partial charge on any atom is 0.126 e. The van der Waals surface area contributed by atoms with Gasteiger partial charge in [0.05, 0.1) is 0 Å². The monoisotopic (exact) mass is 287 g/mol. The molecule has 3 rings (SSSR count). The third kappa shape index (κ3) is 3.70. The van der Waals surface area contributed by atoms with E-state index in [0.29, 0.717) is 6.04 Å². The van der Waals surface area contributed by atoms with Gasteiger partial charge in [-0.3, -0.25) is 4.68 Å². The van der Waals surface area contributed by atoms with Crippen molar-refractivity contribution < 1.29 is 4.39 Å². The lowest BCUT2D eigenvalue weighted by molar-refractivity contribution is 0.509. The zero-order chi connectivity index (χ0) is 14.7. The second kappa shape index (κ2) is 6.39. The quantitative estimate of drug-likeness (QED) is 0.848. The van der Waals surface area contributed by atoms with Crippen molar-refractivity contribution >= 4 is 0 Å². The zero-order valence-corrected chi connectivity index (χ0v) is 12.4. The fraction of sp³-hybridized carbons (Fsp3) is 0.471. The van der Waals surface area contributed by atoms with Gasteiger partial charge in [-0.15, -0.1) is 0 Å². The highest BCUT2D eigenvalue weighted by Gasteiger charge is 2.23. The van der Waals surface area contributed by atoms with Crippen LogP contribution in [0.25, 0.3) is 0 Å². The molecule has 2 aromatic rings. The van der Waals surface area contributed by atoms with Gasteiger partial charge in [0.15, 0.2) is 0 Å². The molecule has 0 amide bonds. The van der Waals surface area contributed by atoms with Crippen LogP contribution in [0, 0.1) is 5.82 Å². The van der Waals surface area contributed by atoms with Gasteiger partial charge in [0, 0.05) is 31.5 Å². The third-order valence-corrected chi connectivity index (χ3v) is 4.25. The van der Waals surface area contributed by atoms with E-state index in [2.05, 4.69) is 10.4 Å². The van der Waals surface area contributed by atoms with Crippen LogP contribution in [0.1, 0.15) is 36.4 Å². The summed E-state index contributed by atoms with van der Waals surface area (Å²) in [4.78, 5) is 0. The topological polar surface area (TPSA) is 29.9 Å². The summed E-state index contributed by atoms with van der Waals surface area (Å²) in [6.07, 6.45) is 6.18. The van der Waals surface area contributed by atoms with E-state index in [9.17, 15) is 4.39 Å². The first kappa shape index (κ1) is 14.3. The van der Waals surface area contributed by atoms with E-state index in [4.69, 9.17) is 0 Å². The van der Waals surface area contributed by atoms with Crippen LogP contribution in [-0.2, 0) is 13.5 Å². The lowest BCUT2D eigenvalue weighted by atomic mass is 9.93. The van der Waals surface area contributed by atoms with Crippen molar-refractivity contribution in [3.8, 4) is 0 Å². The molecule has 1 atom stereocenters. The first-order valence-corrected chi connectivity index (χ1v) is 7.68. The fourth-order valence-electron chi connectivity index (χ4n) is 2.74. The molecule has 0 saturated heterocycles. The Bertz CT molecular complexity index is 589. The summed E-state index contributed by atoms with van der Waals surface area (Å²) in [5.41, 5.74) is 2.02. The van der Waals surface area contributed by atoms with E-state index >= 15 is 0 Å². The molecule has 3 nitrogen and oxygen atoms in total. The van der Waals surface area contributed by atoms with Crippen LogP contribution in [0.5, 0.6) is 0 Å². The van der Waals surface area contributed by atoms with Gasteiger partial charge in [-0.05, 0) is 49.3 Å². The molecule has 1 aromatic carbocycles. The Hall–Kier alpha value is -1.68. The Morgan fingerprint density at radius 1 is 1.33 bits per heavy atom. The first-order valence-electron chi connectivity index (χ1n) is 7.68. The highest BCUT2D eigenvalue weighted by Crippen LogP contribution is 2.26. The average Bonchev–Trinajstić information content (AvgIpc) is 3.22. The molecule has 112 valence electrons. The molecule has 4 heteroatoms. The van der Waals surface area contributed by atoms with E-state index in [0.717, 1.165) is 24.9 Å². The van der Waals surface area contributed by atoms with Crippen molar-refractivity contribution in [1.29, 1.82) is 0 Å². The van der Waals surface area contributed by atoms with Crippen LogP contribution in [0.4, 0.5) is 4.39 Å². The molecule has 1 fully saturated rings. The predicted octanol–water partition coefficient (Wildman–Crippen LogP) is 3.03. The standard InChI is InChI=1S/C17H22FN3/c1-21-15(10-11-20-21)9-6-13(12-19-14-7-8-14)16-4-2-3-5-17(16)18/h2-5,10-11,13-14,19H,6-9,12H2,1H3. The zero-order valence-electron chi connectivity index (χ0n) is 12.4. The van der Waals surface area contributed by atoms with E-state index in [-0.39, 0.29) is 11.7 Å². The van der Waals surface area contributed by atoms with Gasteiger partial charge in [-0.2, -0.15) is 5.10 Å². The van der Waals surface area contributed by atoms with Crippen LogP contribution in [0.2, 0.25) is 0 Å². The highest BCUT2D eigenvalue weighted by molar-refractivity contribution is 5.22. The van der Waals surface area contributed by atoms with Gasteiger partial charge >= 0.3 is 0 Å². The molecule has 21 heavy (non-hydrogen) atoms. The summed E-state index contributed by atoms with van der Waals surface area (Å²) < 4.78 is 16.0. The molecule has 0 bridgehead atoms. The number of aromatic nitrogens is 2. The van der Waals surface area contributed by atoms with Gasteiger partial charge in [0.25, 0.3) is 0 Å². The summed E-state index contributed by atoms with van der Waals surface area (Å²) in [5, 5.41) is 7.73. The molecular weight excluding hydrogens is 265 g/mol. The highest BCUT2D eigenvalue weighted by atomic mass is 19.1. The van der Waals surface area contributed by atoms with Crippen LogP contribution < -0.4 is 5.32 Å². The lowest BCUT2D eigenvalue weighted by Gasteiger charge is -2.19. The van der Waals surface area contributed by atoms with Crippen molar-refractivity contribution in [2.75, 3.05) is 6.54 Å². The number of aryl methyl sites for hydroxylation is 2. The maximum absolute atomic E-state index is 14.1. The fourth-order valence-corrected chi connectivity index (χ4v) is 2.74. The number of hydrogen-bond acceptors (Lipinski definition) is 2. The molecule has 0 spiro atoms. The SMILES string of the molecule is Cn1nccc1CCC(CNC1CC1)c1ccccc1F. The number of halogens is 1. The number of benzene rings is 1. The minimum absolute atomic E-state index is 0.0925. The Labute approximate surface area is 125 Å². The summed E-state index contributed by atoms with van der Waals surface area (Å²) in [7, 11) is 1.95. The van der Waals surface area contributed by atoms with Gasteiger partial charge in [0.2, 0.25) is 0 Å². The number of rotatable bonds is 7. The number of nitrogens with zero attached hydrogens (tertiary/aromatic N) is 2. The maximum atomic E-state index is 14.1. The van der Waals surface area contributed by atoms with Crippen molar-refractivity contribution in [2.45, 2.75) is 37.6 Å². The lowest BCUT2D eigenvalue weighted by Crippen LogP contribution is -2.24. The molecule has 1 heterocycles. The molecule has 1 aromatic heterocycles. The Morgan fingerprint density at radius 2 is 2.14 bits per heavy atom. The number of hydrogen-bond donors (Lipinski definition) is 1. The van der Waals surface area contributed by atoms with Crippen molar-refractivity contribution in [3.05, 3.63) is 53.6 Å². The molecular formula is C17H22FN3. The minimum atomic E-state index is -0.0925. The first-order chi connectivity index (χ1) is 10.2. The summed E-state index contributed by atoms with van der Waals surface area (Å²) in [5.74, 6) is 0.117. The Balaban J connectivity index is 1.69. The average molecular weight is 287 g/mol. The normalized spacial score (nSPS) is 16.1. The largest absolute Gasteiger partial charge is 0.313 e. The van der Waals surface area contributed by atoms with Crippen LogP contribution in [0.15, 0.2) is 36.5 Å². The van der Waals surface area contributed by atoms with Crippen molar-refractivity contribution in [2.24, 2.45) is 7.05 Å². The van der Waals surface area contributed by atoms with E-state index in [1.165, 1.54) is 18.5 Å². The minimum Gasteiger partial charge on any atom is -0.313 e. The Kier molecular flexibility index (Phi) is 4.34. The molecule has 1 aliphatic carbocycles. The molecule has 1 aliphatic rings. The van der Waals surface area contributed by atoms with Crippen LogP contribution in [-0.4, -0.2) is 22.4 Å². The molecule has 0 aliphatic heterocycles. The van der Waals surface area contributed by atoms with Crippen molar-refractivity contribution in [1.82, 2.24) is 15.1 Å². The predicted molar refractivity (Wildman–Crippen MR) is 81.7 cm³/mol. The van der Waals surface area contributed by atoms with Crippen LogP contribution >= 0.6 is 0 Å². The van der Waals surface area contributed by atoms with Gasteiger partial charge in [-0.1, -0.05) is 18.2 Å². The second-order valence-corrected chi connectivity index (χ2v) is 5.89. The van der Waals surface area contributed by atoms with E-state index in [1.807, 2.05) is 36.1 Å². The molecule has 1 N–H and O–H groups in total. The third-order valence-electron chi connectivity index (χ3n) is 4.25. The smallest absolute Gasteiger partial charge is 0.126 e.